The molecule has 3 aromatic carbocycles. The Morgan fingerprint density at radius 3 is 2.26 bits per heavy atom. The van der Waals surface area contributed by atoms with E-state index >= 15 is 0 Å². The average Bonchev–Trinajstić information content (AvgIpc) is 2.91. The van der Waals surface area contributed by atoms with Crippen LogP contribution in [0.4, 0.5) is 5.69 Å². The van der Waals surface area contributed by atoms with Crippen LogP contribution >= 0.6 is 23.2 Å². The fourth-order valence-electron chi connectivity index (χ4n) is 4.89. The van der Waals surface area contributed by atoms with Crippen molar-refractivity contribution in [2.75, 3.05) is 25.0 Å². The van der Waals surface area contributed by atoms with Crippen molar-refractivity contribution in [1.29, 1.82) is 0 Å². The maximum Gasteiger partial charge on any atom is 0.251 e. The number of halogens is 2. The second-order valence-electron chi connectivity index (χ2n) is 10.3. The highest BCUT2D eigenvalue weighted by atomic mass is 35.5. The molecular weight excluding hydrogens is 517 g/mol. The first-order chi connectivity index (χ1) is 18.3. The Morgan fingerprint density at radius 1 is 0.921 bits per heavy atom. The lowest BCUT2D eigenvalue weighted by Crippen LogP contribution is -2.36. The van der Waals surface area contributed by atoms with Gasteiger partial charge in [0.05, 0.1) is 6.04 Å². The molecular formula is C31H35Cl2N3O2. The molecule has 4 rings (SSSR count). The minimum atomic E-state index is -0.189. The fourth-order valence-corrected chi connectivity index (χ4v) is 5.42. The summed E-state index contributed by atoms with van der Waals surface area (Å²) in [6, 6.07) is 23.1. The zero-order chi connectivity index (χ0) is 27.1. The van der Waals surface area contributed by atoms with E-state index in [9.17, 15) is 9.59 Å². The van der Waals surface area contributed by atoms with Gasteiger partial charge in [0.15, 0.2) is 0 Å². The van der Waals surface area contributed by atoms with Gasteiger partial charge in [-0.3, -0.25) is 9.59 Å². The summed E-state index contributed by atoms with van der Waals surface area (Å²) in [6.45, 7) is 6.66. The monoisotopic (exact) mass is 551 g/mol. The molecule has 3 aromatic rings. The number of carbonyl (C=O) groups is 2. The summed E-state index contributed by atoms with van der Waals surface area (Å²) in [5, 5.41) is 7.08. The zero-order valence-corrected chi connectivity index (χ0v) is 23.4. The first-order valence-corrected chi connectivity index (χ1v) is 14.0. The Morgan fingerprint density at radius 2 is 1.61 bits per heavy atom. The van der Waals surface area contributed by atoms with Crippen LogP contribution in [-0.4, -0.2) is 36.3 Å². The van der Waals surface area contributed by atoms with Gasteiger partial charge in [0, 0.05) is 33.8 Å². The molecule has 200 valence electrons. The molecule has 1 fully saturated rings. The van der Waals surface area contributed by atoms with Gasteiger partial charge in [-0.1, -0.05) is 79.5 Å². The van der Waals surface area contributed by atoms with Crippen molar-refractivity contribution in [2.24, 2.45) is 5.92 Å². The Balaban J connectivity index is 1.35. The molecule has 38 heavy (non-hydrogen) atoms. The van der Waals surface area contributed by atoms with Gasteiger partial charge in [0.2, 0.25) is 5.91 Å². The molecule has 2 N–H and O–H groups in total. The smallest absolute Gasteiger partial charge is 0.251 e. The highest BCUT2D eigenvalue weighted by molar-refractivity contribution is 6.35. The number of carbonyl (C=O) groups excluding carboxylic acids is 2. The van der Waals surface area contributed by atoms with Gasteiger partial charge in [-0.15, -0.1) is 0 Å². The Hall–Kier alpha value is -2.86. The Labute approximate surface area is 235 Å². The van der Waals surface area contributed by atoms with Gasteiger partial charge < -0.3 is 15.5 Å². The summed E-state index contributed by atoms with van der Waals surface area (Å²) in [5.41, 5.74) is 3.67. The zero-order valence-electron chi connectivity index (χ0n) is 21.9. The van der Waals surface area contributed by atoms with E-state index in [1.807, 2.05) is 56.3 Å². The van der Waals surface area contributed by atoms with Crippen molar-refractivity contribution >= 4 is 40.7 Å². The molecule has 0 spiro atoms. The third-order valence-electron chi connectivity index (χ3n) is 7.10. The molecule has 5 nitrogen and oxygen atoms in total. The molecule has 1 aliphatic heterocycles. The van der Waals surface area contributed by atoms with Crippen LogP contribution in [0.25, 0.3) is 0 Å². The fraction of sp³-hybridized carbons (Fsp3) is 0.355. The van der Waals surface area contributed by atoms with E-state index < -0.39 is 0 Å². The normalized spacial score (nSPS) is 15.3. The predicted octanol–water partition coefficient (Wildman–Crippen LogP) is 7.33. The quantitative estimate of drug-likeness (QED) is 0.292. The van der Waals surface area contributed by atoms with Gasteiger partial charge in [-0.2, -0.15) is 0 Å². The number of likely N-dealkylation sites (tertiary alicyclic amines) is 1. The molecule has 1 saturated heterocycles. The number of hydrogen-bond acceptors (Lipinski definition) is 3. The number of nitrogens with zero attached hydrogens (tertiary/aromatic N) is 1. The van der Waals surface area contributed by atoms with E-state index in [0.717, 1.165) is 50.1 Å². The predicted molar refractivity (Wildman–Crippen MR) is 156 cm³/mol. The van der Waals surface area contributed by atoms with Crippen LogP contribution < -0.4 is 10.6 Å². The van der Waals surface area contributed by atoms with Gasteiger partial charge in [-0.25, -0.2) is 0 Å². The summed E-state index contributed by atoms with van der Waals surface area (Å²) >= 11 is 12.2. The second-order valence-corrected chi connectivity index (χ2v) is 11.1. The third-order valence-corrected chi connectivity index (χ3v) is 7.54. The number of benzene rings is 3. The van der Waals surface area contributed by atoms with Crippen LogP contribution in [0, 0.1) is 5.92 Å². The topological polar surface area (TPSA) is 61.4 Å². The number of hydrogen-bond donors (Lipinski definition) is 2. The van der Waals surface area contributed by atoms with Crippen molar-refractivity contribution in [2.45, 2.75) is 45.1 Å². The lowest BCUT2D eigenvalue weighted by atomic mass is 9.89. The number of rotatable bonds is 9. The number of amides is 2. The van der Waals surface area contributed by atoms with Crippen LogP contribution in [0.3, 0.4) is 0 Å². The second kappa shape index (κ2) is 13.3. The number of piperidine rings is 1. The van der Waals surface area contributed by atoms with Crippen molar-refractivity contribution in [3.8, 4) is 0 Å². The standard InChI is InChI=1S/C31H35Cl2N3O2/c1-21(2)30(37)34-28-10-6-9-24(19-28)22-11-14-36(15-12-22)16-13-29(23-7-4-3-5-8-23)35-31(38)25-17-26(32)20-27(33)18-25/h3-10,17-22,29H,11-16H2,1-2H3,(H,34,37)(H,35,38)/t29-/m0/s1. The molecule has 1 atom stereocenters. The van der Waals surface area contributed by atoms with E-state index in [1.165, 1.54) is 5.56 Å². The Bertz CT molecular complexity index is 1220. The van der Waals surface area contributed by atoms with E-state index in [1.54, 1.807) is 18.2 Å². The molecule has 1 aliphatic rings. The molecule has 0 unspecified atom stereocenters. The summed E-state index contributed by atoms with van der Waals surface area (Å²) < 4.78 is 0. The molecule has 0 radical (unpaired) electrons. The first-order valence-electron chi connectivity index (χ1n) is 13.2. The van der Waals surface area contributed by atoms with E-state index in [0.29, 0.717) is 21.5 Å². The number of nitrogens with one attached hydrogen (secondary N) is 2. The molecule has 0 saturated carbocycles. The van der Waals surface area contributed by atoms with Crippen LogP contribution in [0.2, 0.25) is 10.0 Å². The molecule has 2 amide bonds. The van der Waals surface area contributed by atoms with E-state index in [2.05, 4.69) is 27.7 Å². The summed E-state index contributed by atoms with van der Waals surface area (Å²) in [7, 11) is 0. The van der Waals surface area contributed by atoms with Crippen LogP contribution in [-0.2, 0) is 4.79 Å². The molecule has 0 bridgehead atoms. The third kappa shape index (κ3) is 7.83. The number of anilines is 1. The lowest BCUT2D eigenvalue weighted by molar-refractivity contribution is -0.118. The van der Waals surface area contributed by atoms with Crippen LogP contribution in [0.15, 0.2) is 72.8 Å². The highest BCUT2D eigenvalue weighted by Gasteiger charge is 2.23. The van der Waals surface area contributed by atoms with E-state index in [4.69, 9.17) is 23.2 Å². The lowest BCUT2D eigenvalue weighted by Gasteiger charge is -2.33. The summed E-state index contributed by atoms with van der Waals surface area (Å²) in [4.78, 5) is 27.6. The minimum absolute atomic E-state index is 0.0375. The van der Waals surface area contributed by atoms with Crippen LogP contribution in [0.5, 0.6) is 0 Å². The maximum atomic E-state index is 13.0. The van der Waals surface area contributed by atoms with E-state index in [-0.39, 0.29) is 23.8 Å². The van der Waals surface area contributed by atoms with Gasteiger partial charge in [-0.05, 0) is 79.7 Å². The average molecular weight is 553 g/mol. The molecule has 0 aliphatic carbocycles. The van der Waals surface area contributed by atoms with Crippen molar-refractivity contribution in [3.05, 3.63) is 99.5 Å². The first kappa shape index (κ1) is 28.2. The van der Waals surface area contributed by atoms with Crippen molar-refractivity contribution in [3.63, 3.8) is 0 Å². The largest absolute Gasteiger partial charge is 0.345 e. The van der Waals surface area contributed by atoms with Crippen molar-refractivity contribution in [1.82, 2.24) is 10.2 Å². The molecule has 1 heterocycles. The summed E-state index contributed by atoms with van der Waals surface area (Å²) in [5.74, 6) is 0.274. The van der Waals surface area contributed by atoms with Gasteiger partial charge in [0.25, 0.3) is 5.91 Å². The molecule has 0 aromatic heterocycles. The van der Waals surface area contributed by atoms with Crippen molar-refractivity contribution < 1.29 is 9.59 Å². The highest BCUT2D eigenvalue weighted by Crippen LogP contribution is 2.30. The SMILES string of the molecule is CC(C)C(=O)Nc1cccc(C2CCN(CC[C@H](NC(=O)c3cc(Cl)cc(Cl)c3)c3ccccc3)CC2)c1. The van der Waals surface area contributed by atoms with Gasteiger partial charge in [0.1, 0.15) is 0 Å². The van der Waals surface area contributed by atoms with Gasteiger partial charge >= 0.3 is 0 Å². The Kier molecular flexibility index (Phi) is 9.84. The minimum Gasteiger partial charge on any atom is -0.345 e. The van der Waals surface area contributed by atoms with Crippen LogP contribution in [0.1, 0.15) is 66.6 Å². The summed E-state index contributed by atoms with van der Waals surface area (Å²) in [6.07, 6.45) is 2.92. The molecule has 7 heteroatoms. The maximum absolute atomic E-state index is 13.0.